The first kappa shape index (κ1) is 35.7. The molecule has 7 rings (SSSR count). The molecule has 0 unspecified atom stereocenters. The molecule has 2 N–H and O–H groups in total. The van der Waals surface area contributed by atoms with E-state index in [9.17, 15) is 32.7 Å². The van der Waals surface area contributed by atoms with Crippen LogP contribution in [0.2, 0.25) is 5.02 Å². The van der Waals surface area contributed by atoms with Crippen LogP contribution in [-0.2, 0) is 30.4 Å². The molecule has 0 bridgehead atoms. The molecule has 276 valence electrons. The number of carbonyl (C=O) groups is 2. The van der Waals surface area contributed by atoms with Crippen molar-refractivity contribution in [3.05, 3.63) is 86.3 Å². The van der Waals surface area contributed by atoms with Gasteiger partial charge in [-0.1, -0.05) is 18.5 Å². The Bertz CT molecular complexity index is 2340. The number of hydrogen-bond donors (Lipinski definition) is 2. The number of piperazine rings is 1. The highest BCUT2D eigenvalue weighted by Gasteiger charge is 2.32. The van der Waals surface area contributed by atoms with E-state index in [1.54, 1.807) is 17.6 Å². The van der Waals surface area contributed by atoms with Gasteiger partial charge >= 0.3 is 6.18 Å². The maximum absolute atomic E-state index is 14.3. The number of fused-ring (bicyclic) bond motifs is 2. The lowest BCUT2D eigenvalue weighted by Gasteiger charge is -2.36. The molecule has 1 atom stereocenters. The molecular formula is C35H33ClF3N9O5. The fraction of sp³-hybridized carbons (Fsp3) is 0.343. The Labute approximate surface area is 304 Å². The normalized spacial score (nSPS) is 15.8. The molecule has 5 aromatic rings. The fourth-order valence-electron chi connectivity index (χ4n) is 6.65. The largest absolute Gasteiger partial charge is 0.504 e. The van der Waals surface area contributed by atoms with Crippen LogP contribution in [0, 0.1) is 6.92 Å². The van der Waals surface area contributed by atoms with E-state index in [1.165, 1.54) is 11.2 Å². The van der Waals surface area contributed by atoms with E-state index >= 15 is 0 Å². The quantitative estimate of drug-likeness (QED) is 0.242. The Morgan fingerprint density at radius 2 is 1.85 bits per heavy atom. The van der Waals surface area contributed by atoms with E-state index in [0.29, 0.717) is 17.7 Å². The molecule has 2 aliphatic heterocycles. The molecule has 0 aliphatic carbocycles. The van der Waals surface area contributed by atoms with Gasteiger partial charge in [-0.15, -0.1) is 5.10 Å². The lowest BCUT2D eigenvalue weighted by Crippen LogP contribution is -2.51. The van der Waals surface area contributed by atoms with E-state index < -0.39 is 35.7 Å². The Hall–Kier alpha value is -5.71. The summed E-state index contributed by atoms with van der Waals surface area (Å²) in [7, 11) is 0. The summed E-state index contributed by atoms with van der Waals surface area (Å²) in [5, 5.41) is 17.3. The number of aryl methyl sites for hydroxylation is 1. The molecule has 0 spiro atoms. The van der Waals surface area contributed by atoms with Crippen LogP contribution in [0.3, 0.4) is 0 Å². The third-order valence-corrected chi connectivity index (χ3v) is 9.59. The second kappa shape index (κ2) is 13.7. The van der Waals surface area contributed by atoms with Gasteiger partial charge in [0.2, 0.25) is 11.7 Å². The number of halogens is 4. The van der Waals surface area contributed by atoms with Crippen molar-refractivity contribution in [2.75, 3.05) is 36.4 Å². The number of aromatic hydroxyl groups is 1. The average Bonchev–Trinajstić information content (AvgIpc) is 3.74. The Morgan fingerprint density at radius 3 is 2.55 bits per heavy atom. The standard InChI is InChI=1S/C35H33ClF3N9O5/c1-4-25-29(45-9-11-46(12-10-45)32(51)28-30(50)19(3)40-17-41-28)33(52)48-34(43-31(44-48)20-5-8-26-21(14-20)13-18(2)53-26)47(25)16-27(49)42-24-7-6-22(15-23(24)36)35(37,38)39/h5-8,14-15,17-18,50H,4,9-13,16H2,1-3H3,(H,42,49)/t18-/m1/s1. The summed E-state index contributed by atoms with van der Waals surface area (Å²) in [6.45, 7) is 5.77. The number of amides is 2. The molecule has 14 nitrogen and oxygen atoms in total. The first-order valence-corrected chi connectivity index (χ1v) is 17.1. The molecule has 2 amide bonds. The summed E-state index contributed by atoms with van der Waals surface area (Å²) in [5.41, 5.74) is 0.971. The van der Waals surface area contributed by atoms with Gasteiger partial charge in [-0.2, -0.15) is 22.7 Å². The van der Waals surface area contributed by atoms with Crippen molar-refractivity contribution >= 4 is 40.6 Å². The van der Waals surface area contributed by atoms with Gasteiger partial charge in [0.05, 0.1) is 27.7 Å². The van der Waals surface area contributed by atoms with Crippen LogP contribution in [0.1, 0.15) is 46.9 Å². The van der Waals surface area contributed by atoms with Crippen LogP contribution in [0.15, 0.2) is 47.5 Å². The summed E-state index contributed by atoms with van der Waals surface area (Å²) < 4.78 is 48.3. The second-order valence-corrected chi connectivity index (χ2v) is 13.2. The van der Waals surface area contributed by atoms with E-state index in [0.717, 1.165) is 34.0 Å². The minimum atomic E-state index is -4.62. The summed E-state index contributed by atoms with van der Waals surface area (Å²) in [5.74, 6) is -0.357. The van der Waals surface area contributed by atoms with Crippen LogP contribution in [0.5, 0.6) is 11.5 Å². The molecule has 0 saturated carbocycles. The van der Waals surface area contributed by atoms with Gasteiger partial charge in [0.25, 0.3) is 11.5 Å². The van der Waals surface area contributed by atoms with Crippen LogP contribution >= 0.6 is 11.6 Å². The van der Waals surface area contributed by atoms with Crippen molar-refractivity contribution in [1.82, 2.24) is 34.0 Å². The fourth-order valence-corrected chi connectivity index (χ4v) is 6.87. The maximum Gasteiger partial charge on any atom is 0.416 e. The maximum atomic E-state index is 14.3. The predicted octanol–water partition coefficient (Wildman–Crippen LogP) is 4.52. The minimum absolute atomic E-state index is 0.00237. The lowest BCUT2D eigenvalue weighted by atomic mass is 10.1. The highest BCUT2D eigenvalue weighted by atomic mass is 35.5. The number of aromatic nitrogens is 6. The van der Waals surface area contributed by atoms with E-state index in [2.05, 4.69) is 20.4 Å². The van der Waals surface area contributed by atoms with Gasteiger partial charge in [0.15, 0.2) is 17.3 Å². The molecule has 0 radical (unpaired) electrons. The number of ether oxygens (including phenoxy) is 1. The van der Waals surface area contributed by atoms with Gasteiger partial charge < -0.3 is 29.5 Å². The lowest BCUT2D eigenvalue weighted by molar-refractivity contribution is -0.137. The number of alkyl halides is 3. The summed E-state index contributed by atoms with van der Waals surface area (Å²) in [4.78, 5) is 57.1. The van der Waals surface area contributed by atoms with Gasteiger partial charge in [-0.25, -0.2) is 9.97 Å². The first-order chi connectivity index (χ1) is 25.2. The Morgan fingerprint density at radius 1 is 1.09 bits per heavy atom. The third kappa shape index (κ3) is 6.71. The number of carbonyl (C=O) groups excluding carboxylic acids is 2. The monoisotopic (exact) mass is 751 g/mol. The Balaban J connectivity index is 1.25. The van der Waals surface area contributed by atoms with E-state index in [4.69, 9.17) is 21.3 Å². The summed E-state index contributed by atoms with van der Waals surface area (Å²) in [6.07, 6.45) is -2.45. The zero-order chi connectivity index (χ0) is 37.8. The van der Waals surface area contributed by atoms with Crippen LogP contribution < -0.4 is 20.5 Å². The highest BCUT2D eigenvalue weighted by Crippen LogP contribution is 2.35. The SMILES string of the molecule is CCc1c(N2CCN(C(=O)c3ncnc(C)c3O)CC2)c(=O)n2nc(-c3ccc4c(c3)C[C@@H](C)O4)nc2n1CC(=O)Nc1ccc(C(F)(F)F)cc1Cl. The molecule has 18 heteroatoms. The van der Waals surface area contributed by atoms with Crippen molar-refractivity contribution in [2.24, 2.45) is 0 Å². The van der Waals surface area contributed by atoms with Crippen LogP contribution in [0.25, 0.3) is 17.2 Å². The van der Waals surface area contributed by atoms with Gasteiger partial charge in [-0.05, 0) is 62.2 Å². The smallest absolute Gasteiger partial charge is 0.416 e. The first-order valence-electron chi connectivity index (χ1n) is 16.8. The number of anilines is 2. The van der Waals surface area contributed by atoms with Crippen LogP contribution in [0.4, 0.5) is 24.5 Å². The molecule has 1 fully saturated rings. The second-order valence-electron chi connectivity index (χ2n) is 12.8. The van der Waals surface area contributed by atoms with Crippen molar-refractivity contribution < 1.29 is 32.6 Å². The van der Waals surface area contributed by atoms with E-state index in [-0.39, 0.29) is 83.8 Å². The molecule has 5 heterocycles. The zero-order valence-corrected chi connectivity index (χ0v) is 29.5. The number of benzene rings is 2. The van der Waals surface area contributed by atoms with Crippen molar-refractivity contribution in [3.8, 4) is 22.9 Å². The summed E-state index contributed by atoms with van der Waals surface area (Å²) >= 11 is 6.14. The number of nitrogens with zero attached hydrogens (tertiary/aromatic N) is 8. The summed E-state index contributed by atoms with van der Waals surface area (Å²) in [6, 6.07) is 8.13. The van der Waals surface area contributed by atoms with Crippen LogP contribution in [-0.4, -0.2) is 83.2 Å². The van der Waals surface area contributed by atoms with Crippen molar-refractivity contribution in [1.29, 1.82) is 0 Å². The van der Waals surface area contributed by atoms with Gasteiger partial charge in [0.1, 0.15) is 30.4 Å². The number of rotatable bonds is 7. The molecule has 2 aliphatic rings. The molecular weight excluding hydrogens is 719 g/mol. The highest BCUT2D eigenvalue weighted by molar-refractivity contribution is 6.33. The number of nitrogens with one attached hydrogen (secondary N) is 1. The third-order valence-electron chi connectivity index (χ3n) is 9.28. The molecule has 53 heavy (non-hydrogen) atoms. The molecule has 1 saturated heterocycles. The van der Waals surface area contributed by atoms with Crippen molar-refractivity contribution in [3.63, 3.8) is 0 Å². The van der Waals surface area contributed by atoms with E-state index in [1.807, 2.05) is 30.9 Å². The van der Waals surface area contributed by atoms with Gasteiger partial charge in [-0.3, -0.25) is 14.4 Å². The predicted molar refractivity (Wildman–Crippen MR) is 187 cm³/mol. The number of hydrogen-bond acceptors (Lipinski definition) is 10. The minimum Gasteiger partial charge on any atom is -0.504 e. The van der Waals surface area contributed by atoms with Crippen molar-refractivity contribution in [2.45, 2.75) is 52.4 Å². The average molecular weight is 752 g/mol. The molecule has 2 aromatic carbocycles. The van der Waals surface area contributed by atoms with Gasteiger partial charge in [0, 0.05) is 38.2 Å². The Kier molecular flexibility index (Phi) is 9.21. The zero-order valence-electron chi connectivity index (χ0n) is 28.7. The molecule has 3 aromatic heterocycles. The topological polar surface area (TPSA) is 160 Å².